The number of carboxylic acid groups (broad SMARTS) is 1. The fraction of sp³-hybridized carbons (Fsp3) is 0.538. The Labute approximate surface area is 111 Å². The Balaban J connectivity index is 1.79. The van der Waals surface area contributed by atoms with Crippen molar-refractivity contribution in [1.29, 1.82) is 0 Å². The number of hydrogen-bond donors (Lipinski definition) is 2. The molecular weight excluding hydrogens is 248 g/mol. The van der Waals surface area contributed by atoms with Crippen molar-refractivity contribution in [2.24, 2.45) is 5.92 Å². The van der Waals surface area contributed by atoms with E-state index >= 15 is 0 Å². The van der Waals surface area contributed by atoms with Crippen LogP contribution in [0.5, 0.6) is 0 Å². The highest BCUT2D eigenvalue weighted by atomic mass is 16.4. The fourth-order valence-corrected chi connectivity index (χ4v) is 2.23. The number of furan rings is 1. The van der Waals surface area contributed by atoms with Gasteiger partial charge >= 0.3 is 12.0 Å². The highest BCUT2D eigenvalue weighted by Crippen LogP contribution is 2.16. The Hall–Kier alpha value is -1.98. The van der Waals surface area contributed by atoms with Crippen LogP contribution in [0.4, 0.5) is 4.79 Å². The van der Waals surface area contributed by atoms with Crippen molar-refractivity contribution in [2.45, 2.75) is 25.8 Å². The number of hydrogen-bond acceptors (Lipinski definition) is 3. The van der Waals surface area contributed by atoms with Crippen LogP contribution in [-0.4, -0.2) is 41.1 Å². The molecule has 19 heavy (non-hydrogen) atoms. The first-order valence-electron chi connectivity index (χ1n) is 6.37. The van der Waals surface area contributed by atoms with E-state index in [-0.39, 0.29) is 18.6 Å². The minimum Gasteiger partial charge on any atom is -0.481 e. The van der Waals surface area contributed by atoms with Crippen molar-refractivity contribution in [1.82, 2.24) is 10.2 Å². The normalized spacial score (nSPS) is 20.3. The first-order valence-corrected chi connectivity index (χ1v) is 6.37. The Kier molecular flexibility index (Phi) is 4.09. The van der Waals surface area contributed by atoms with Crippen molar-refractivity contribution >= 4 is 12.0 Å². The summed E-state index contributed by atoms with van der Waals surface area (Å²) in [5, 5.41) is 11.7. The van der Waals surface area contributed by atoms with E-state index in [2.05, 4.69) is 5.32 Å². The fourth-order valence-electron chi connectivity index (χ4n) is 2.23. The first kappa shape index (κ1) is 13.5. The maximum absolute atomic E-state index is 11.9. The van der Waals surface area contributed by atoms with E-state index in [4.69, 9.17) is 9.52 Å². The van der Waals surface area contributed by atoms with Gasteiger partial charge in [0.2, 0.25) is 0 Å². The Bertz CT molecular complexity index is 444. The SMILES string of the molecule is CC(Cc1ccco1)NC(=O)N1CCC(C(=O)O)C1. The van der Waals surface area contributed by atoms with Crippen LogP contribution in [0.3, 0.4) is 0 Å². The summed E-state index contributed by atoms with van der Waals surface area (Å²) in [4.78, 5) is 24.3. The van der Waals surface area contributed by atoms with Gasteiger partial charge in [0.05, 0.1) is 12.2 Å². The number of rotatable bonds is 4. The summed E-state index contributed by atoms with van der Waals surface area (Å²) < 4.78 is 5.22. The van der Waals surface area contributed by atoms with E-state index in [9.17, 15) is 9.59 Å². The molecule has 0 radical (unpaired) electrons. The third-order valence-electron chi connectivity index (χ3n) is 3.28. The van der Waals surface area contributed by atoms with Crippen molar-refractivity contribution in [3.05, 3.63) is 24.2 Å². The zero-order chi connectivity index (χ0) is 13.8. The number of aliphatic carboxylic acids is 1. The second-order valence-electron chi connectivity index (χ2n) is 4.90. The predicted octanol–water partition coefficient (Wildman–Crippen LogP) is 1.33. The van der Waals surface area contributed by atoms with Crippen LogP contribution in [-0.2, 0) is 11.2 Å². The minimum atomic E-state index is -0.834. The van der Waals surface area contributed by atoms with Gasteiger partial charge in [-0.15, -0.1) is 0 Å². The van der Waals surface area contributed by atoms with Gasteiger partial charge in [-0.1, -0.05) is 0 Å². The van der Waals surface area contributed by atoms with Crippen LogP contribution in [0.15, 0.2) is 22.8 Å². The Morgan fingerprint density at radius 3 is 3.00 bits per heavy atom. The van der Waals surface area contributed by atoms with Crippen LogP contribution in [0.1, 0.15) is 19.1 Å². The van der Waals surface area contributed by atoms with Crippen LogP contribution >= 0.6 is 0 Å². The molecule has 0 saturated carbocycles. The number of amides is 2. The summed E-state index contributed by atoms with van der Waals surface area (Å²) in [6.45, 7) is 2.68. The number of urea groups is 1. The van der Waals surface area contributed by atoms with E-state index in [0.29, 0.717) is 19.4 Å². The zero-order valence-electron chi connectivity index (χ0n) is 10.8. The summed E-state index contributed by atoms with van der Waals surface area (Å²) in [5.41, 5.74) is 0. The minimum absolute atomic E-state index is 0.0532. The summed E-state index contributed by atoms with van der Waals surface area (Å²) in [6, 6.07) is 3.41. The maximum Gasteiger partial charge on any atom is 0.317 e. The van der Waals surface area contributed by atoms with E-state index in [0.717, 1.165) is 5.76 Å². The van der Waals surface area contributed by atoms with Crippen LogP contribution in [0, 0.1) is 5.92 Å². The molecule has 2 atom stereocenters. The summed E-state index contributed by atoms with van der Waals surface area (Å²) in [7, 11) is 0. The third kappa shape index (κ3) is 3.49. The molecule has 2 heterocycles. The average molecular weight is 266 g/mol. The summed E-state index contributed by atoms with van der Waals surface area (Å²) in [6.07, 6.45) is 2.74. The number of carboxylic acids is 1. The zero-order valence-corrected chi connectivity index (χ0v) is 10.8. The molecule has 0 bridgehead atoms. The molecule has 0 spiro atoms. The van der Waals surface area contributed by atoms with Crippen LogP contribution in [0.25, 0.3) is 0 Å². The van der Waals surface area contributed by atoms with Crippen LogP contribution in [0.2, 0.25) is 0 Å². The molecule has 1 aliphatic rings. The van der Waals surface area contributed by atoms with Crippen molar-refractivity contribution in [2.75, 3.05) is 13.1 Å². The lowest BCUT2D eigenvalue weighted by atomic mass is 10.1. The lowest BCUT2D eigenvalue weighted by Gasteiger charge is -2.20. The number of carbonyl (C=O) groups excluding carboxylic acids is 1. The molecule has 6 heteroatoms. The summed E-state index contributed by atoms with van der Waals surface area (Å²) in [5.74, 6) is -0.456. The van der Waals surface area contributed by atoms with Crippen LogP contribution < -0.4 is 5.32 Å². The Morgan fingerprint density at radius 2 is 2.42 bits per heavy atom. The number of likely N-dealkylation sites (tertiary alicyclic amines) is 1. The van der Waals surface area contributed by atoms with Gasteiger partial charge in [-0.25, -0.2) is 4.79 Å². The molecule has 1 aliphatic heterocycles. The molecule has 2 amide bonds. The number of nitrogens with one attached hydrogen (secondary N) is 1. The average Bonchev–Trinajstić information content (AvgIpc) is 2.98. The van der Waals surface area contributed by atoms with Crippen molar-refractivity contribution < 1.29 is 19.1 Å². The smallest absolute Gasteiger partial charge is 0.317 e. The number of nitrogens with zero attached hydrogens (tertiary/aromatic N) is 1. The van der Waals surface area contributed by atoms with Gasteiger partial charge in [0.15, 0.2) is 0 Å². The molecule has 104 valence electrons. The van der Waals surface area contributed by atoms with E-state index in [1.165, 1.54) is 0 Å². The maximum atomic E-state index is 11.9. The largest absolute Gasteiger partial charge is 0.481 e. The monoisotopic (exact) mass is 266 g/mol. The van der Waals surface area contributed by atoms with Gasteiger partial charge in [0, 0.05) is 25.6 Å². The molecule has 0 aliphatic carbocycles. The van der Waals surface area contributed by atoms with E-state index in [1.807, 2.05) is 19.1 Å². The quantitative estimate of drug-likeness (QED) is 0.861. The second-order valence-corrected chi connectivity index (χ2v) is 4.90. The highest BCUT2D eigenvalue weighted by molar-refractivity contribution is 5.77. The summed E-state index contributed by atoms with van der Waals surface area (Å²) >= 11 is 0. The first-order chi connectivity index (χ1) is 9.06. The molecule has 1 fully saturated rings. The molecule has 2 rings (SSSR count). The van der Waals surface area contributed by atoms with Gasteiger partial charge in [-0.3, -0.25) is 4.79 Å². The topological polar surface area (TPSA) is 82.8 Å². The molecule has 2 N–H and O–H groups in total. The molecular formula is C13H18N2O4. The molecule has 2 unspecified atom stereocenters. The Morgan fingerprint density at radius 1 is 1.63 bits per heavy atom. The van der Waals surface area contributed by atoms with Crippen molar-refractivity contribution in [3.63, 3.8) is 0 Å². The third-order valence-corrected chi connectivity index (χ3v) is 3.28. The van der Waals surface area contributed by atoms with Gasteiger partial charge in [0.1, 0.15) is 5.76 Å². The molecule has 0 aromatic carbocycles. The lowest BCUT2D eigenvalue weighted by molar-refractivity contribution is -0.141. The predicted molar refractivity (Wildman–Crippen MR) is 67.7 cm³/mol. The standard InChI is InChI=1S/C13H18N2O4/c1-9(7-11-3-2-6-19-11)14-13(18)15-5-4-10(8-15)12(16)17/h2-3,6,9-10H,4-5,7-8H2,1H3,(H,14,18)(H,16,17). The van der Waals surface area contributed by atoms with E-state index < -0.39 is 11.9 Å². The van der Waals surface area contributed by atoms with Gasteiger partial charge in [0.25, 0.3) is 0 Å². The molecule has 6 nitrogen and oxygen atoms in total. The van der Waals surface area contributed by atoms with Gasteiger partial charge < -0.3 is 19.7 Å². The van der Waals surface area contributed by atoms with Gasteiger partial charge in [-0.05, 0) is 25.5 Å². The van der Waals surface area contributed by atoms with E-state index in [1.54, 1.807) is 11.2 Å². The molecule has 1 aromatic rings. The second kappa shape index (κ2) is 5.77. The molecule has 1 saturated heterocycles. The lowest BCUT2D eigenvalue weighted by Crippen LogP contribution is -2.43. The molecule has 1 aromatic heterocycles. The number of carbonyl (C=O) groups is 2. The van der Waals surface area contributed by atoms with Gasteiger partial charge in [-0.2, -0.15) is 0 Å². The van der Waals surface area contributed by atoms with Crippen molar-refractivity contribution in [3.8, 4) is 0 Å². The highest BCUT2D eigenvalue weighted by Gasteiger charge is 2.31.